The molecule has 1 N–H and O–H groups in total. The number of nitrogens with zero attached hydrogens (tertiary/aromatic N) is 2. The zero-order chi connectivity index (χ0) is 17.9. The molecular formula is C21H23N3OS. The number of para-hydroxylation sites is 1. The number of carbonyl (C=O) groups is 1. The molecule has 0 bridgehead atoms. The van der Waals surface area contributed by atoms with Gasteiger partial charge < -0.3 is 10.2 Å². The van der Waals surface area contributed by atoms with E-state index in [1.165, 1.54) is 6.42 Å². The average molecular weight is 366 g/mol. The maximum Gasteiger partial charge on any atom is 0.254 e. The maximum atomic E-state index is 13.4. The highest BCUT2D eigenvalue weighted by atomic mass is 32.1. The largest absolute Gasteiger partial charge is 0.338 e. The van der Waals surface area contributed by atoms with Gasteiger partial charge in [0, 0.05) is 18.5 Å². The van der Waals surface area contributed by atoms with Gasteiger partial charge >= 0.3 is 0 Å². The molecule has 3 heterocycles. The molecule has 0 aliphatic carbocycles. The van der Waals surface area contributed by atoms with Crippen molar-refractivity contribution < 1.29 is 4.79 Å². The highest BCUT2D eigenvalue weighted by Crippen LogP contribution is 2.29. The fourth-order valence-corrected chi connectivity index (χ4v) is 4.46. The highest BCUT2D eigenvalue weighted by molar-refractivity contribution is 7.13. The summed E-state index contributed by atoms with van der Waals surface area (Å²) in [5, 5.41) is 6.23. The van der Waals surface area contributed by atoms with E-state index in [0.29, 0.717) is 5.92 Å². The summed E-state index contributed by atoms with van der Waals surface area (Å²) >= 11 is 1.65. The van der Waals surface area contributed by atoms with Gasteiger partial charge in [-0.15, -0.1) is 11.3 Å². The van der Waals surface area contributed by atoms with Crippen molar-refractivity contribution in [2.45, 2.75) is 12.8 Å². The van der Waals surface area contributed by atoms with E-state index >= 15 is 0 Å². The van der Waals surface area contributed by atoms with E-state index in [0.717, 1.165) is 53.1 Å². The third-order valence-electron chi connectivity index (χ3n) is 5.02. The Kier molecular flexibility index (Phi) is 5.00. The number of aromatic nitrogens is 1. The first kappa shape index (κ1) is 17.2. The first-order valence-corrected chi connectivity index (χ1v) is 10.0. The highest BCUT2D eigenvalue weighted by Gasteiger charge is 2.25. The predicted molar refractivity (Wildman–Crippen MR) is 108 cm³/mol. The Morgan fingerprint density at radius 3 is 3.00 bits per heavy atom. The number of hydrogen-bond donors (Lipinski definition) is 1. The van der Waals surface area contributed by atoms with Crippen LogP contribution in [-0.2, 0) is 0 Å². The van der Waals surface area contributed by atoms with E-state index in [1.807, 2.05) is 53.7 Å². The van der Waals surface area contributed by atoms with Gasteiger partial charge in [0.15, 0.2) is 0 Å². The number of nitrogens with one attached hydrogen (secondary N) is 1. The number of hydrogen-bond acceptors (Lipinski definition) is 4. The molecular weight excluding hydrogens is 342 g/mol. The number of amides is 1. The third-order valence-corrected chi connectivity index (χ3v) is 5.91. The van der Waals surface area contributed by atoms with Crippen LogP contribution in [0.3, 0.4) is 0 Å². The first-order valence-electron chi connectivity index (χ1n) is 9.14. The van der Waals surface area contributed by atoms with Crippen LogP contribution in [0.15, 0.2) is 47.8 Å². The Balaban J connectivity index is 1.73. The van der Waals surface area contributed by atoms with E-state index in [1.54, 1.807) is 11.3 Å². The molecule has 2 aromatic heterocycles. The molecule has 4 nitrogen and oxygen atoms in total. The zero-order valence-corrected chi connectivity index (χ0v) is 15.8. The van der Waals surface area contributed by atoms with Gasteiger partial charge in [-0.3, -0.25) is 4.79 Å². The molecule has 1 aromatic carbocycles. The number of benzene rings is 1. The Bertz CT molecular complexity index is 905. The van der Waals surface area contributed by atoms with Crippen LogP contribution in [0.2, 0.25) is 0 Å². The van der Waals surface area contributed by atoms with Crippen LogP contribution >= 0.6 is 11.3 Å². The smallest absolute Gasteiger partial charge is 0.254 e. The lowest BCUT2D eigenvalue weighted by Crippen LogP contribution is -2.42. The molecule has 1 amide bonds. The summed E-state index contributed by atoms with van der Waals surface area (Å²) in [5.74, 6) is 0.657. The van der Waals surface area contributed by atoms with Crippen molar-refractivity contribution in [1.29, 1.82) is 0 Å². The minimum Gasteiger partial charge on any atom is -0.338 e. The molecule has 1 unspecified atom stereocenters. The normalized spacial score (nSPS) is 17.6. The van der Waals surface area contributed by atoms with Crippen molar-refractivity contribution in [3.63, 3.8) is 0 Å². The second-order valence-electron chi connectivity index (χ2n) is 6.87. The SMILES string of the molecule is CNCC1CCCN(C(=O)c2cc(-c3cccs3)nc3ccccc23)C1. The van der Waals surface area contributed by atoms with Crippen LogP contribution in [0.5, 0.6) is 0 Å². The van der Waals surface area contributed by atoms with Gasteiger partial charge in [0.25, 0.3) is 5.91 Å². The summed E-state index contributed by atoms with van der Waals surface area (Å²) in [4.78, 5) is 21.3. The average Bonchev–Trinajstić information content (AvgIpc) is 3.22. The second kappa shape index (κ2) is 7.56. The minimum absolute atomic E-state index is 0.127. The number of likely N-dealkylation sites (tertiary alicyclic amines) is 1. The van der Waals surface area contributed by atoms with Crippen LogP contribution in [0.25, 0.3) is 21.5 Å². The lowest BCUT2D eigenvalue weighted by Gasteiger charge is -2.33. The van der Waals surface area contributed by atoms with Gasteiger partial charge in [-0.2, -0.15) is 0 Å². The quantitative estimate of drug-likeness (QED) is 0.759. The van der Waals surface area contributed by atoms with Gasteiger partial charge in [0.1, 0.15) is 0 Å². The van der Waals surface area contributed by atoms with Gasteiger partial charge in [0.05, 0.1) is 21.7 Å². The zero-order valence-electron chi connectivity index (χ0n) is 14.9. The molecule has 5 heteroatoms. The molecule has 1 fully saturated rings. The molecule has 3 aromatic rings. The fourth-order valence-electron chi connectivity index (χ4n) is 3.78. The van der Waals surface area contributed by atoms with Crippen molar-refractivity contribution in [2.75, 3.05) is 26.7 Å². The van der Waals surface area contributed by atoms with Crippen LogP contribution in [0, 0.1) is 5.92 Å². The molecule has 1 saturated heterocycles. The number of rotatable bonds is 4. The van der Waals surface area contributed by atoms with Crippen LogP contribution < -0.4 is 5.32 Å². The Morgan fingerprint density at radius 1 is 1.31 bits per heavy atom. The monoisotopic (exact) mass is 365 g/mol. The molecule has 4 rings (SSSR count). The summed E-state index contributed by atoms with van der Waals surface area (Å²) in [7, 11) is 1.98. The van der Waals surface area contributed by atoms with Crippen molar-refractivity contribution in [1.82, 2.24) is 15.2 Å². The molecule has 0 radical (unpaired) electrons. The number of piperidine rings is 1. The summed E-state index contributed by atoms with van der Waals surface area (Å²) in [5.41, 5.74) is 2.53. The van der Waals surface area contributed by atoms with Gasteiger partial charge in [0.2, 0.25) is 0 Å². The second-order valence-corrected chi connectivity index (χ2v) is 7.81. The number of fused-ring (bicyclic) bond motifs is 1. The standard InChI is InChI=1S/C21H23N3OS/c1-22-13-15-6-4-10-24(14-15)21(25)17-12-19(20-9-5-11-26-20)23-18-8-3-2-7-16(17)18/h2-3,5,7-9,11-12,15,22H,4,6,10,13-14H2,1H3. The van der Waals surface area contributed by atoms with Crippen LogP contribution in [0.1, 0.15) is 23.2 Å². The molecule has 0 spiro atoms. The summed E-state index contributed by atoms with van der Waals surface area (Å²) < 4.78 is 0. The minimum atomic E-state index is 0.127. The van der Waals surface area contributed by atoms with Gasteiger partial charge in [-0.25, -0.2) is 4.98 Å². The number of carbonyl (C=O) groups excluding carboxylic acids is 1. The lowest BCUT2D eigenvalue weighted by molar-refractivity contribution is 0.0676. The van der Waals surface area contributed by atoms with Crippen LogP contribution in [-0.4, -0.2) is 42.5 Å². The lowest BCUT2D eigenvalue weighted by atomic mass is 9.96. The molecule has 134 valence electrons. The van der Waals surface area contributed by atoms with Crippen molar-refractivity contribution in [2.24, 2.45) is 5.92 Å². The molecule has 0 saturated carbocycles. The third kappa shape index (κ3) is 3.37. The molecule has 1 aliphatic heterocycles. The fraction of sp³-hybridized carbons (Fsp3) is 0.333. The van der Waals surface area contributed by atoms with Crippen molar-refractivity contribution >= 4 is 28.1 Å². The van der Waals surface area contributed by atoms with E-state index in [4.69, 9.17) is 4.98 Å². The van der Waals surface area contributed by atoms with Gasteiger partial charge in [-0.05, 0) is 55.9 Å². The molecule has 1 aliphatic rings. The summed E-state index contributed by atoms with van der Waals surface area (Å²) in [6, 6.07) is 14.0. The summed E-state index contributed by atoms with van der Waals surface area (Å²) in [6.45, 7) is 2.62. The Hall–Kier alpha value is -2.24. The first-order chi connectivity index (χ1) is 12.8. The molecule has 1 atom stereocenters. The summed E-state index contributed by atoms with van der Waals surface area (Å²) in [6.07, 6.45) is 2.25. The predicted octanol–water partition coefficient (Wildman–Crippen LogP) is 4.03. The van der Waals surface area contributed by atoms with Crippen molar-refractivity contribution in [3.8, 4) is 10.6 Å². The maximum absolute atomic E-state index is 13.4. The topological polar surface area (TPSA) is 45.2 Å². The molecule has 26 heavy (non-hydrogen) atoms. The van der Waals surface area contributed by atoms with E-state index < -0.39 is 0 Å². The van der Waals surface area contributed by atoms with E-state index in [-0.39, 0.29) is 5.91 Å². The van der Waals surface area contributed by atoms with E-state index in [9.17, 15) is 4.79 Å². The Labute approximate surface area is 157 Å². The van der Waals surface area contributed by atoms with Gasteiger partial charge in [-0.1, -0.05) is 24.3 Å². The number of pyridine rings is 1. The van der Waals surface area contributed by atoms with Crippen LogP contribution in [0.4, 0.5) is 0 Å². The Morgan fingerprint density at radius 2 is 2.19 bits per heavy atom. The number of thiophene rings is 1. The van der Waals surface area contributed by atoms with Crippen molar-refractivity contribution in [3.05, 3.63) is 53.4 Å². The van der Waals surface area contributed by atoms with E-state index in [2.05, 4.69) is 11.4 Å².